The molecule has 0 aliphatic heterocycles. The Kier molecular flexibility index (Phi) is 2.91. The molecule has 0 fully saturated rings. The van der Waals surface area contributed by atoms with Gasteiger partial charge in [-0.05, 0) is 31.0 Å². The van der Waals surface area contributed by atoms with Gasteiger partial charge >= 0.3 is 0 Å². The Bertz CT molecular complexity index is 426. The van der Waals surface area contributed by atoms with Gasteiger partial charge in [-0.1, -0.05) is 37.3 Å². The van der Waals surface area contributed by atoms with Crippen molar-refractivity contribution in [2.75, 3.05) is 0 Å². The standard InChI is InChI=1S/C14H17N/c1-3-14-10-9-12(2)15(14)11-13-7-5-4-6-8-13/h4-10H,3,11H2,1-2H3. The fraction of sp³-hybridized carbons (Fsp3) is 0.286. The molecule has 1 aromatic heterocycles. The number of rotatable bonds is 3. The SMILES string of the molecule is CCc1ccc(C)n1Cc1ccccc1. The summed E-state index contributed by atoms with van der Waals surface area (Å²) < 4.78 is 2.38. The minimum Gasteiger partial charge on any atom is -0.345 e. The fourth-order valence-corrected chi connectivity index (χ4v) is 1.92. The first-order valence-electron chi connectivity index (χ1n) is 5.50. The van der Waals surface area contributed by atoms with E-state index < -0.39 is 0 Å². The lowest BCUT2D eigenvalue weighted by Gasteiger charge is -2.10. The first-order chi connectivity index (χ1) is 7.31. The number of nitrogens with zero attached hydrogens (tertiary/aromatic N) is 1. The summed E-state index contributed by atoms with van der Waals surface area (Å²) in [5.41, 5.74) is 4.12. The van der Waals surface area contributed by atoms with Gasteiger partial charge in [-0.3, -0.25) is 0 Å². The number of aryl methyl sites for hydroxylation is 2. The minimum atomic E-state index is 0.989. The summed E-state index contributed by atoms with van der Waals surface area (Å²) in [7, 11) is 0. The van der Waals surface area contributed by atoms with Crippen LogP contribution in [0.4, 0.5) is 0 Å². The molecule has 0 N–H and O–H groups in total. The van der Waals surface area contributed by atoms with Gasteiger partial charge in [-0.2, -0.15) is 0 Å². The predicted octanol–water partition coefficient (Wildman–Crippen LogP) is 3.41. The molecule has 0 bridgehead atoms. The van der Waals surface area contributed by atoms with Crippen molar-refractivity contribution in [1.82, 2.24) is 4.57 Å². The molecule has 0 amide bonds. The Hall–Kier alpha value is -1.50. The normalized spacial score (nSPS) is 10.5. The average molecular weight is 199 g/mol. The van der Waals surface area contributed by atoms with E-state index in [1.807, 2.05) is 0 Å². The number of benzene rings is 1. The Morgan fingerprint density at radius 2 is 1.73 bits per heavy atom. The molecule has 2 rings (SSSR count). The maximum absolute atomic E-state index is 2.38. The van der Waals surface area contributed by atoms with E-state index in [0.29, 0.717) is 0 Å². The van der Waals surface area contributed by atoms with Gasteiger partial charge in [0.1, 0.15) is 0 Å². The lowest BCUT2D eigenvalue weighted by molar-refractivity contribution is 0.727. The first kappa shape index (κ1) is 10.0. The zero-order valence-corrected chi connectivity index (χ0v) is 9.40. The van der Waals surface area contributed by atoms with Crippen LogP contribution < -0.4 is 0 Å². The minimum absolute atomic E-state index is 0.989. The third-order valence-corrected chi connectivity index (χ3v) is 2.84. The lowest BCUT2D eigenvalue weighted by Crippen LogP contribution is -2.05. The summed E-state index contributed by atoms with van der Waals surface area (Å²) in [5, 5.41) is 0. The summed E-state index contributed by atoms with van der Waals surface area (Å²) in [5.74, 6) is 0. The zero-order valence-electron chi connectivity index (χ0n) is 9.40. The third kappa shape index (κ3) is 2.12. The molecule has 1 heterocycles. The van der Waals surface area contributed by atoms with E-state index in [1.165, 1.54) is 17.0 Å². The monoisotopic (exact) mass is 199 g/mol. The third-order valence-electron chi connectivity index (χ3n) is 2.84. The molecule has 0 unspecified atom stereocenters. The molecule has 15 heavy (non-hydrogen) atoms. The van der Waals surface area contributed by atoms with Crippen LogP contribution in [0.25, 0.3) is 0 Å². The summed E-state index contributed by atoms with van der Waals surface area (Å²) in [6.07, 6.45) is 1.10. The van der Waals surface area contributed by atoms with Gasteiger partial charge in [-0.15, -0.1) is 0 Å². The Balaban J connectivity index is 2.27. The molecule has 78 valence electrons. The van der Waals surface area contributed by atoms with Crippen molar-refractivity contribution in [1.29, 1.82) is 0 Å². The number of hydrogen-bond acceptors (Lipinski definition) is 0. The molecule has 0 atom stereocenters. The van der Waals surface area contributed by atoms with Gasteiger partial charge < -0.3 is 4.57 Å². The maximum atomic E-state index is 2.38. The van der Waals surface area contributed by atoms with Crippen molar-refractivity contribution in [3.8, 4) is 0 Å². The Morgan fingerprint density at radius 1 is 1.00 bits per heavy atom. The highest BCUT2D eigenvalue weighted by Crippen LogP contribution is 2.12. The zero-order chi connectivity index (χ0) is 10.7. The molecule has 0 aliphatic rings. The quantitative estimate of drug-likeness (QED) is 0.714. The van der Waals surface area contributed by atoms with E-state index in [4.69, 9.17) is 0 Å². The smallest absolute Gasteiger partial charge is 0.0475 e. The molecule has 0 saturated carbocycles. The molecule has 0 saturated heterocycles. The predicted molar refractivity (Wildman–Crippen MR) is 64.1 cm³/mol. The van der Waals surface area contributed by atoms with Gasteiger partial charge in [0.15, 0.2) is 0 Å². The van der Waals surface area contributed by atoms with Crippen LogP contribution in [0.2, 0.25) is 0 Å². The second-order valence-electron chi connectivity index (χ2n) is 3.89. The van der Waals surface area contributed by atoms with Crippen LogP contribution in [-0.4, -0.2) is 4.57 Å². The number of aromatic nitrogens is 1. The first-order valence-corrected chi connectivity index (χ1v) is 5.50. The molecule has 2 aromatic rings. The lowest BCUT2D eigenvalue weighted by atomic mass is 10.2. The molecule has 1 nitrogen and oxygen atoms in total. The van der Waals surface area contributed by atoms with Gasteiger partial charge in [-0.25, -0.2) is 0 Å². The largest absolute Gasteiger partial charge is 0.345 e. The summed E-state index contributed by atoms with van der Waals surface area (Å²) in [6, 6.07) is 15.0. The molecule has 1 aromatic carbocycles. The van der Waals surface area contributed by atoms with Crippen LogP contribution in [-0.2, 0) is 13.0 Å². The van der Waals surface area contributed by atoms with Crippen LogP contribution in [0.1, 0.15) is 23.9 Å². The van der Waals surface area contributed by atoms with Crippen molar-refractivity contribution in [3.05, 3.63) is 59.4 Å². The average Bonchev–Trinajstić information content (AvgIpc) is 2.62. The topological polar surface area (TPSA) is 4.93 Å². The number of hydrogen-bond donors (Lipinski definition) is 0. The van der Waals surface area contributed by atoms with Gasteiger partial charge in [0, 0.05) is 17.9 Å². The van der Waals surface area contributed by atoms with Crippen LogP contribution in [0, 0.1) is 6.92 Å². The van der Waals surface area contributed by atoms with E-state index in [0.717, 1.165) is 13.0 Å². The van der Waals surface area contributed by atoms with E-state index in [9.17, 15) is 0 Å². The second-order valence-corrected chi connectivity index (χ2v) is 3.89. The molecule has 0 aliphatic carbocycles. The molecule has 0 radical (unpaired) electrons. The van der Waals surface area contributed by atoms with E-state index in [-0.39, 0.29) is 0 Å². The molecular formula is C14H17N. The van der Waals surface area contributed by atoms with E-state index >= 15 is 0 Å². The second kappa shape index (κ2) is 4.35. The molecular weight excluding hydrogens is 182 g/mol. The summed E-state index contributed by atoms with van der Waals surface area (Å²) >= 11 is 0. The van der Waals surface area contributed by atoms with Crippen LogP contribution in [0.15, 0.2) is 42.5 Å². The van der Waals surface area contributed by atoms with Crippen molar-refractivity contribution >= 4 is 0 Å². The van der Waals surface area contributed by atoms with Gasteiger partial charge in [0.05, 0.1) is 0 Å². The van der Waals surface area contributed by atoms with Crippen molar-refractivity contribution in [3.63, 3.8) is 0 Å². The van der Waals surface area contributed by atoms with E-state index in [2.05, 4.69) is 60.9 Å². The van der Waals surface area contributed by atoms with Gasteiger partial charge in [0.2, 0.25) is 0 Å². The van der Waals surface area contributed by atoms with E-state index in [1.54, 1.807) is 0 Å². The highest BCUT2D eigenvalue weighted by Gasteiger charge is 2.03. The highest BCUT2D eigenvalue weighted by atomic mass is 15.0. The maximum Gasteiger partial charge on any atom is 0.0475 e. The summed E-state index contributed by atoms with van der Waals surface area (Å²) in [4.78, 5) is 0. The van der Waals surface area contributed by atoms with Crippen molar-refractivity contribution in [2.45, 2.75) is 26.8 Å². The van der Waals surface area contributed by atoms with Crippen LogP contribution in [0.3, 0.4) is 0 Å². The molecule has 0 spiro atoms. The van der Waals surface area contributed by atoms with Crippen molar-refractivity contribution < 1.29 is 0 Å². The summed E-state index contributed by atoms with van der Waals surface area (Å²) in [6.45, 7) is 5.36. The highest BCUT2D eigenvalue weighted by molar-refractivity contribution is 5.21. The van der Waals surface area contributed by atoms with Crippen LogP contribution in [0.5, 0.6) is 0 Å². The fourth-order valence-electron chi connectivity index (χ4n) is 1.92. The Morgan fingerprint density at radius 3 is 2.40 bits per heavy atom. The molecule has 1 heteroatoms. The van der Waals surface area contributed by atoms with Crippen molar-refractivity contribution in [2.24, 2.45) is 0 Å². The van der Waals surface area contributed by atoms with Crippen LogP contribution >= 0.6 is 0 Å². The van der Waals surface area contributed by atoms with Gasteiger partial charge in [0.25, 0.3) is 0 Å². The Labute approximate surface area is 91.4 Å².